The van der Waals surface area contributed by atoms with Gasteiger partial charge in [0.05, 0.1) is 24.2 Å². The monoisotopic (exact) mass is 370 g/mol. The lowest BCUT2D eigenvalue weighted by atomic mass is 10.1. The van der Waals surface area contributed by atoms with Crippen molar-refractivity contribution in [3.63, 3.8) is 0 Å². The predicted octanol–water partition coefficient (Wildman–Crippen LogP) is 1.83. The molecule has 3 aromatic rings. The van der Waals surface area contributed by atoms with Crippen molar-refractivity contribution in [1.29, 1.82) is 0 Å². The molecule has 0 bridgehead atoms. The van der Waals surface area contributed by atoms with Crippen LogP contribution in [-0.2, 0) is 20.0 Å². The molecule has 1 aromatic carbocycles. The van der Waals surface area contributed by atoms with Crippen molar-refractivity contribution in [3.8, 4) is 16.5 Å². The van der Waals surface area contributed by atoms with E-state index in [1.165, 1.54) is 21.2 Å². The minimum absolute atomic E-state index is 0.474. The number of ether oxygens (including phenoxy) is 1. The average Bonchev–Trinajstić information content (AvgIpc) is 3.30. The zero-order valence-corrected chi connectivity index (χ0v) is 15.9. The van der Waals surface area contributed by atoms with Gasteiger partial charge in [-0.05, 0) is 29.1 Å². The van der Waals surface area contributed by atoms with Crippen molar-refractivity contribution in [2.45, 2.75) is 19.1 Å². The first-order chi connectivity index (χ1) is 12.7. The van der Waals surface area contributed by atoms with E-state index in [0.29, 0.717) is 6.54 Å². The van der Waals surface area contributed by atoms with Crippen LogP contribution >= 0.6 is 11.3 Å². The highest BCUT2D eigenvalue weighted by Gasteiger charge is 2.27. The Morgan fingerprint density at radius 1 is 1.31 bits per heavy atom. The highest BCUT2D eigenvalue weighted by Crippen LogP contribution is 2.26. The number of aliphatic hydroxyl groups excluding tert-OH is 1. The van der Waals surface area contributed by atoms with Gasteiger partial charge in [0.25, 0.3) is 0 Å². The molecule has 4 rings (SSSR count). The van der Waals surface area contributed by atoms with Crippen LogP contribution in [0, 0.1) is 0 Å². The summed E-state index contributed by atoms with van der Waals surface area (Å²) in [4.78, 5) is 7.48. The molecule has 0 saturated heterocycles. The lowest BCUT2D eigenvalue weighted by molar-refractivity contribution is -0.920. The molecule has 6 heteroatoms. The molecule has 2 aromatic heterocycles. The number of quaternary nitrogens is 1. The first kappa shape index (κ1) is 17.3. The normalized spacial score (nSPS) is 17.7. The lowest BCUT2D eigenvalue weighted by Crippen LogP contribution is -3.12. The minimum Gasteiger partial charge on any atom is -0.497 e. The first-order valence-corrected chi connectivity index (χ1v) is 9.77. The Morgan fingerprint density at radius 3 is 2.81 bits per heavy atom. The molecule has 1 unspecified atom stereocenters. The Bertz CT molecular complexity index is 871. The molecule has 2 atom stereocenters. The number of rotatable bonds is 5. The van der Waals surface area contributed by atoms with Gasteiger partial charge >= 0.3 is 0 Å². The van der Waals surface area contributed by atoms with E-state index in [1.54, 1.807) is 18.4 Å². The van der Waals surface area contributed by atoms with Gasteiger partial charge in [-0.15, -0.1) is 11.3 Å². The van der Waals surface area contributed by atoms with Crippen LogP contribution in [0.2, 0.25) is 0 Å². The van der Waals surface area contributed by atoms with Crippen LogP contribution in [0.1, 0.15) is 23.1 Å². The van der Waals surface area contributed by atoms with E-state index >= 15 is 0 Å². The van der Waals surface area contributed by atoms with Gasteiger partial charge in [-0.1, -0.05) is 18.2 Å². The second-order valence-corrected chi connectivity index (χ2v) is 7.73. The third-order valence-corrected chi connectivity index (χ3v) is 6.02. The number of aliphatic hydroxyl groups is 1. The summed E-state index contributed by atoms with van der Waals surface area (Å²) in [6.45, 7) is 2.57. The molecule has 1 aliphatic heterocycles. The number of thiophene rings is 1. The van der Waals surface area contributed by atoms with Crippen molar-refractivity contribution in [2.75, 3.05) is 20.2 Å². The third-order valence-electron chi connectivity index (χ3n) is 5.15. The van der Waals surface area contributed by atoms with Crippen LogP contribution in [-0.4, -0.2) is 34.9 Å². The minimum atomic E-state index is -0.474. The van der Waals surface area contributed by atoms with E-state index < -0.39 is 6.10 Å². The highest BCUT2D eigenvalue weighted by atomic mass is 32.1. The summed E-state index contributed by atoms with van der Waals surface area (Å²) in [5.74, 6) is 1.87. The number of nitrogens with one attached hydrogen (secondary N) is 1. The standard InChI is InChI=1S/C20H23N3O2S/c1-22-17-9-10-23(12-16(17)21-20(22)19-4-3-11-26-19)13-18(24)14-5-7-15(25-2)8-6-14/h3-8,11,18,24H,9-10,12-13H2,1-2H3/p+1/t18-/m1/s1. The molecule has 3 heterocycles. The van der Waals surface area contributed by atoms with E-state index in [2.05, 4.69) is 29.1 Å². The number of hydrogen-bond acceptors (Lipinski definition) is 4. The number of nitrogens with zero attached hydrogens (tertiary/aromatic N) is 2. The lowest BCUT2D eigenvalue weighted by Gasteiger charge is -2.26. The van der Waals surface area contributed by atoms with E-state index in [-0.39, 0.29) is 0 Å². The Morgan fingerprint density at radius 2 is 2.12 bits per heavy atom. The van der Waals surface area contributed by atoms with Crippen LogP contribution in [0.4, 0.5) is 0 Å². The molecule has 136 valence electrons. The number of methoxy groups -OCH3 is 1. The van der Waals surface area contributed by atoms with Crippen molar-refractivity contribution in [2.24, 2.45) is 7.05 Å². The van der Waals surface area contributed by atoms with Gasteiger partial charge in [0, 0.05) is 13.5 Å². The first-order valence-electron chi connectivity index (χ1n) is 8.89. The Hall–Kier alpha value is -2.15. The van der Waals surface area contributed by atoms with E-state index in [0.717, 1.165) is 36.6 Å². The van der Waals surface area contributed by atoms with Crippen LogP contribution in [0.15, 0.2) is 41.8 Å². The largest absolute Gasteiger partial charge is 0.497 e. The summed E-state index contributed by atoms with van der Waals surface area (Å²) in [6.07, 6.45) is 0.521. The summed E-state index contributed by atoms with van der Waals surface area (Å²) in [7, 11) is 3.76. The Balaban J connectivity index is 1.47. The van der Waals surface area contributed by atoms with Gasteiger partial charge in [-0.3, -0.25) is 0 Å². The quantitative estimate of drug-likeness (QED) is 0.721. The maximum absolute atomic E-state index is 10.6. The Labute approximate surface area is 157 Å². The topological polar surface area (TPSA) is 51.7 Å². The zero-order chi connectivity index (χ0) is 18.1. The van der Waals surface area contributed by atoms with Gasteiger partial charge < -0.3 is 19.3 Å². The fourth-order valence-corrected chi connectivity index (χ4v) is 4.43. The Kier molecular flexibility index (Phi) is 4.80. The third kappa shape index (κ3) is 3.28. The van der Waals surface area contributed by atoms with Crippen molar-refractivity contribution >= 4 is 11.3 Å². The second kappa shape index (κ2) is 7.23. The summed E-state index contributed by atoms with van der Waals surface area (Å²) in [5.41, 5.74) is 3.43. The van der Waals surface area contributed by atoms with Gasteiger partial charge in [-0.25, -0.2) is 4.98 Å². The molecule has 0 aliphatic carbocycles. The van der Waals surface area contributed by atoms with Gasteiger partial charge in [0.2, 0.25) is 0 Å². The maximum atomic E-state index is 10.6. The van der Waals surface area contributed by atoms with Crippen molar-refractivity contribution in [3.05, 3.63) is 58.7 Å². The van der Waals surface area contributed by atoms with E-state index in [4.69, 9.17) is 9.72 Å². The fraction of sp³-hybridized carbons (Fsp3) is 0.350. The summed E-state index contributed by atoms with van der Waals surface area (Å²) >= 11 is 1.72. The zero-order valence-electron chi connectivity index (χ0n) is 15.1. The van der Waals surface area contributed by atoms with Crippen LogP contribution in [0.3, 0.4) is 0 Å². The molecular weight excluding hydrogens is 346 g/mol. The van der Waals surface area contributed by atoms with Crippen LogP contribution in [0.5, 0.6) is 5.75 Å². The number of hydrogen-bond donors (Lipinski definition) is 2. The van der Waals surface area contributed by atoms with Crippen molar-refractivity contribution in [1.82, 2.24) is 9.55 Å². The molecular formula is C20H24N3O2S+. The highest BCUT2D eigenvalue weighted by molar-refractivity contribution is 7.13. The molecule has 5 nitrogen and oxygen atoms in total. The number of benzene rings is 1. The number of aromatic nitrogens is 2. The number of imidazole rings is 1. The van der Waals surface area contributed by atoms with Crippen LogP contribution < -0.4 is 9.64 Å². The summed E-state index contributed by atoms with van der Waals surface area (Å²) in [6, 6.07) is 11.9. The van der Waals surface area contributed by atoms with Crippen LogP contribution in [0.25, 0.3) is 10.7 Å². The van der Waals surface area contributed by atoms with Gasteiger partial charge in [-0.2, -0.15) is 0 Å². The van der Waals surface area contributed by atoms with Gasteiger partial charge in [0.15, 0.2) is 5.82 Å². The summed E-state index contributed by atoms with van der Waals surface area (Å²) in [5, 5.41) is 12.7. The molecule has 0 fully saturated rings. The fourth-order valence-electron chi connectivity index (χ4n) is 3.68. The van der Waals surface area contributed by atoms with E-state index in [1.807, 2.05) is 24.3 Å². The SMILES string of the molecule is COc1ccc([C@H](O)C[NH+]2CCc3c(nc(-c4cccs4)n3C)C2)cc1. The smallest absolute Gasteiger partial charge is 0.150 e. The van der Waals surface area contributed by atoms with E-state index in [9.17, 15) is 5.11 Å². The number of fused-ring (bicyclic) bond motifs is 1. The molecule has 0 spiro atoms. The molecule has 0 radical (unpaired) electrons. The molecule has 1 aliphatic rings. The maximum Gasteiger partial charge on any atom is 0.150 e. The van der Waals surface area contributed by atoms with Gasteiger partial charge in [0.1, 0.15) is 30.6 Å². The summed E-state index contributed by atoms with van der Waals surface area (Å²) < 4.78 is 7.42. The van der Waals surface area contributed by atoms with Crippen molar-refractivity contribution < 1.29 is 14.7 Å². The molecule has 0 saturated carbocycles. The molecule has 26 heavy (non-hydrogen) atoms. The molecule has 0 amide bonds. The average molecular weight is 370 g/mol. The molecule has 2 N–H and O–H groups in total. The second-order valence-electron chi connectivity index (χ2n) is 6.78. The predicted molar refractivity (Wildman–Crippen MR) is 103 cm³/mol.